The molecule has 2 N–H and O–H groups in total. The van der Waals surface area contributed by atoms with Crippen molar-refractivity contribution in [3.05, 3.63) is 71.0 Å². The minimum absolute atomic E-state index is 0.127. The molecule has 6 rings (SSSR count). The van der Waals surface area contributed by atoms with Crippen LogP contribution in [0.1, 0.15) is 34.8 Å². The number of nitrogens with zero attached hydrogens (tertiary/aromatic N) is 2. The zero-order chi connectivity index (χ0) is 31.6. The van der Waals surface area contributed by atoms with Crippen LogP contribution in [-0.2, 0) is 16.0 Å². The van der Waals surface area contributed by atoms with E-state index in [-0.39, 0.29) is 17.7 Å². The minimum atomic E-state index is -3.12. The predicted molar refractivity (Wildman–Crippen MR) is 163 cm³/mol. The average Bonchev–Trinajstić information content (AvgIpc) is 3.52. The van der Waals surface area contributed by atoms with Crippen LogP contribution in [-0.4, -0.2) is 56.3 Å². The van der Waals surface area contributed by atoms with Crippen molar-refractivity contribution >= 4 is 50.4 Å². The maximum atomic E-state index is 13.7. The fourth-order valence-corrected chi connectivity index (χ4v) is 6.55. The monoisotopic (exact) mass is 628 g/mol. The number of rotatable bonds is 8. The van der Waals surface area contributed by atoms with E-state index in [4.69, 9.17) is 14.5 Å². The summed E-state index contributed by atoms with van der Waals surface area (Å²) < 4.78 is 55.1. The summed E-state index contributed by atoms with van der Waals surface area (Å²) >= 11 is 1.46. The molecule has 0 aliphatic carbocycles. The molecule has 1 saturated heterocycles. The van der Waals surface area contributed by atoms with Crippen molar-refractivity contribution in [2.24, 2.45) is 0 Å². The van der Waals surface area contributed by atoms with Gasteiger partial charge in [-0.3, -0.25) is 9.59 Å². The normalized spacial score (nSPS) is 17.9. The van der Waals surface area contributed by atoms with Gasteiger partial charge in [0.25, 0.3) is 5.91 Å². The van der Waals surface area contributed by atoms with Crippen molar-refractivity contribution in [3.8, 4) is 11.5 Å². The third-order valence-corrected chi connectivity index (χ3v) is 8.51. The number of thiazole rings is 1. The van der Waals surface area contributed by atoms with Gasteiger partial charge >= 0.3 is 6.11 Å². The second kappa shape index (κ2) is 12.7. The number of alkyl halides is 2. The zero-order valence-electron chi connectivity index (χ0n) is 24.4. The molecule has 4 aromatic rings. The SMILES string of the molecule is COCC1CC(C)N1c1nc2ccc(OC)c(C(=O)Nc3cc(F)ccc3C)c2s1.O=CNc1ccc2c(c1)OC(F)(F)C2. The molecule has 44 heavy (non-hydrogen) atoms. The highest BCUT2D eigenvalue weighted by molar-refractivity contribution is 7.22. The smallest absolute Gasteiger partial charge is 0.402 e. The van der Waals surface area contributed by atoms with Crippen LogP contribution in [0.5, 0.6) is 11.5 Å². The molecular formula is C31H31F3N4O5S. The highest BCUT2D eigenvalue weighted by Gasteiger charge is 2.40. The first-order valence-electron chi connectivity index (χ1n) is 13.8. The minimum Gasteiger partial charge on any atom is -0.496 e. The van der Waals surface area contributed by atoms with E-state index in [1.54, 1.807) is 25.3 Å². The fraction of sp³-hybridized carbons (Fsp3) is 0.323. The van der Waals surface area contributed by atoms with Crippen LogP contribution in [0.4, 0.5) is 29.7 Å². The molecule has 2 amide bonds. The average molecular weight is 629 g/mol. The van der Waals surface area contributed by atoms with Crippen molar-refractivity contribution in [1.29, 1.82) is 0 Å². The Labute approximate surface area is 255 Å². The van der Waals surface area contributed by atoms with E-state index in [1.165, 1.54) is 42.7 Å². The molecule has 3 aromatic carbocycles. The van der Waals surface area contributed by atoms with Crippen molar-refractivity contribution in [2.45, 2.75) is 44.9 Å². The quantitative estimate of drug-likeness (QED) is 0.218. The molecule has 2 unspecified atom stereocenters. The molecule has 232 valence electrons. The number of hydrogen-bond donors (Lipinski definition) is 2. The summed E-state index contributed by atoms with van der Waals surface area (Å²) in [5.41, 5.74) is 3.23. The summed E-state index contributed by atoms with van der Waals surface area (Å²) in [6.45, 7) is 4.60. The molecule has 0 spiro atoms. The van der Waals surface area contributed by atoms with Crippen molar-refractivity contribution in [1.82, 2.24) is 4.98 Å². The highest BCUT2D eigenvalue weighted by Crippen LogP contribution is 2.41. The lowest BCUT2D eigenvalue weighted by atomic mass is 9.96. The van der Waals surface area contributed by atoms with Gasteiger partial charge in [-0.05, 0) is 56.2 Å². The Kier molecular flexibility index (Phi) is 8.97. The van der Waals surface area contributed by atoms with Gasteiger partial charge in [0.1, 0.15) is 22.9 Å². The van der Waals surface area contributed by atoms with E-state index in [9.17, 15) is 22.8 Å². The fourth-order valence-electron chi connectivity index (χ4n) is 5.27. The van der Waals surface area contributed by atoms with Crippen LogP contribution < -0.4 is 25.0 Å². The zero-order valence-corrected chi connectivity index (χ0v) is 25.3. The summed E-state index contributed by atoms with van der Waals surface area (Å²) in [6.07, 6.45) is -2.01. The summed E-state index contributed by atoms with van der Waals surface area (Å²) in [7, 11) is 3.22. The number of methoxy groups -OCH3 is 2. The van der Waals surface area contributed by atoms with Gasteiger partial charge in [-0.25, -0.2) is 9.37 Å². The van der Waals surface area contributed by atoms with Gasteiger partial charge in [0.15, 0.2) is 5.13 Å². The molecular weight excluding hydrogens is 597 g/mol. The molecule has 2 aliphatic rings. The van der Waals surface area contributed by atoms with Gasteiger partial charge < -0.3 is 29.7 Å². The summed E-state index contributed by atoms with van der Waals surface area (Å²) in [5, 5.41) is 6.04. The first-order valence-corrected chi connectivity index (χ1v) is 14.6. The molecule has 0 bridgehead atoms. The summed E-state index contributed by atoms with van der Waals surface area (Å²) in [6, 6.07) is 13.0. The molecule has 1 fully saturated rings. The Hall–Kier alpha value is -4.36. The van der Waals surface area contributed by atoms with Gasteiger partial charge in [-0.2, -0.15) is 8.78 Å². The maximum Gasteiger partial charge on any atom is 0.402 e. The molecule has 3 heterocycles. The number of nitrogens with one attached hydrogen (secondary N) is 2. The number of amides is 2. The van der Waals surface area contributed by atoms with E-state index in [1.807, 2.05) is 13.0 Å². The van der Waals surface area contributed by atoms with Crippen molar-refractivity contribution in [3.63, 3.8) is 0 Å². The van der Waals surface area contributed by atoms with Crippen LogP contribution in [0, 0.1) is 12.7 Å². The van der Waals surface area contributed by atoms with E-state index in [2.05, 4.69) is 27.2 Å². The molecule has 2 aliphatic heterocycles. The van der Waals surface area contributed by atoms with E-state index in [0.29, 0.717) is 47.3 Å². The Morgan fingerprint density at radius 3 is 2.70 bits per heavy atom. The van der Waals surface area contributed by atoms with Gasteiger partial charge in [0.05, 0.1) is 36.4 Å². The number of fused-ring (bicyclic) bond motifs is 2. The van der Waals surface area contributed by atoms with E-state index >= 15 is 0 Å². The Balaban J connectivity index is 0.000000229. The lowest BCUT2D eigenvalue weighted by Crippen LogP contribution is -2.56. The number of carbonyl (C=O) groups excluding carboxylic acids is 2. The van der Waals surface area contributed by atoms with E-state index < -0.39 is 18.3 Å². The van der Waals surface area contributed by atoms with Gasteiger partial charge in [-0.1, -0.05) is 23.5 Å². The number of anilines is 3. The number of ether oxygens (including phenoxy) is 3. The molecule has 0 saturated carbocycles. The number of aromatic nitrogens is 1. The number of halogens is 3. The molecule has 0 radical (unpaired) electrons. The predicted octanol–water partition coefficient (Wildman–Crippen LogP) is 6.40. The second-order valence-corrected chi connectivity index (χ2v) is 11.5. The number of carbonyl (C=O) groups is 2. The van der Waals surface area contributed by atoms with Crippen LogP contribution in [0.25, 0.3) is 10.2 Å². The summed E-state index contributed by atoms with van der Waals surface area (Å²) in [4.78, 5) is 30.3. The van der Waals surface area contributed by atoms with Crippen LogP contribution >= 0.6 is 11.3 Å². The molecule has 1 aromatic heterocycles. The third kappa shape index (κ3) is 6.43. The van der Waals surface area contributed by atoms with Crippen LogP contribution in [0.15, 0.2) is 48.5 Å². The van der Waals surface area contributed by atoms with Gasteiger partial charge in [0, 0.05) is 36.2 Å². The van der Waals surface area contributed by atoms with Crippen molar-refractivity contribution in [2.75, 3.05) is 36.4 Å². The van der Waals surface area contributed by atoms with Crippen LogP contribution in [0.3, 0.4) is 0 Å². The Bertz CT molecular complexity index is 1700. The number of hydrogen-bond acceptors (Lipinski definition) is 8. The van der Waals surface area contributed by atoms with Gasteiger partial charge in [-0.15, -0.1) is 0 Å². The van der Waals surface area contributed by atoms with Gasteiger partial charge in [0.2, 0.25) is 6.41 Å². The first-order chi connectivity index (χ1) is 21.0. The molecule has 9 nitrogen and oxygen atoms in total. The Morgan fingerprint density at radius 1 is 1.20 bits per heavy atom. The third-order valence-electron chi connectivity index (χ3n) is 7.41. The van der Waals surface area contributed by atoms with Crippen LogP contribution in [0.2, 0.25) is 0 Å². The lowest BCUT2D eigenvalue weighted by molar-refractivity contribution is -0.159. The molecule has 2 atom stereocenters. The van der Waals surface area contributed by atoms with E-state index in [0.717, 1.165) is 27.3 Å². The lowest BCUT2D eigenvalue weighted by Gasteiger charge is -2.46. The number of aryl methyl sites for hydroxylation is 1. The first kappa shape index (κ1) is 31.1. The highest BCUT2D eigenvalue weighted by atomic mass is 32.1. The topological polar surface area (TPSA) is 102 Å². The molecule has 13 heteroatoms. The number of benzene rings is 3. The largest absolute Gasteiger partial charge is 0.496 e. The maximum absolute atomic E-state index is 13.7. The second-order valence-electron chi connectivity index (χ2n) is 10.5. The van der Waals surface area contributed by atoms with Crippen molar-refractivity contribution < 1.29 is 37.0 Å². The summed E-state index contributed by atoms with van der Waals surface area (Å²) in [5.74, 6) is -0.181. The Morgan fingerprint density at radius 2 is 2.00 bits per heavy atom. The standard InChI is InChI=1S/C22H24FN3O3S.C9H7F2NO2/c1-12-5-6-14(23)10-17(12)24-21(27)19-18(29-4)8-7-16-20(19)30-22(25-16)26-13(2)9-15(26)11-28-3;10-9(11)4-6-1-2-7(12-5-13)3-8(6)14-9/h5-8,10,13,15H,9,11H2,1-4H3,(H,24,27);1-3,5H,4H2,(H,12,13).